The number of aromatic nitrogens is 4. The number of phosphoric ester groups is 3. The molecule has 2 aromatic rings. The molecule has 1 saturated carbocycles. The van der Waals surface area contributed by atoms with E-state index in [9.17, 15) is 53.1 Å². The molecule has 1 aliphatic rings. The molecule has 1 fully saturated rings. The summed E-state index contributed by atoms with van der Waals surface area (Å²) in [6.45, 7) is 6.89. The van der Waals surface area contributed by atoms with Gasteiger partial charge in [-0.15, -0.1) is 0 Å². The van der Waals surface area contributed by atoms with E-state index in [2.05, 4.69) is 43.5 Å². The average Bonchev–Trinajstić information content (AvgIpc) is 3.56. The van der Waals surface area contributed by atoms with E-state index in [-0.39, 0.29) is 47.0 Å². The van der Waals surface area contributed by atoms with E-state index >= 15 is 0 Å². The van der Waals surface area contributed by atoms with Crippen molar-refractivity contribution in [2.75, 3.05) is 37.8 Å². The second-order valence-corrected chi connectivity index (χ2v) is 19.4. The van der Waals surface area contributed by atoms with Crippen LogP contribution in [0.1, 0.15) is 53.5 Å². The first kappa shape index (κ1) is 44.3. The zero-order valence-corrected chi connectivity index (χ0v) is 32.3. The van der Waals surface area contributed by atoms with E-state index in [0.29, 0.717) is 12.3 Å². The van der Waals surface area contributed by atoms with E-state index in [0.717, 1.165) is 6.33 Å². The molecule has 2 heterocycles. The molecule has 0 aromatic carbocycles. The van der Waals surface area contributed by atoms with Crippen LogP contribution in [-0.2, 0) is 41.2 Å². The molecule has 0 saturated heterocycles. The zero-order valence-electron chi connectivity index (χ0n) is 28.8. The molecule has 7 atom stereocenters. The van der Waals surface area contributed by atoms with Gasteiger partial charge in [0.25, 0.3) is 15.6 Å². The molecule has 0 spiro atoms. The van der Waals surface area contributed by atoms with Crippen LogP contribution in [0.15, 0.2) is 12.7 Å². The largest absolute Gasteiger partial charge is 0.790 e. The van der Waals surface area contributed by atoms with Gasteiger partial charge in [-0.2, -0.15) is 11.8 Å². The first-order valence-electron chi connectivity index (χ1n) is 15.6. The van der Waals surface area contributed by atoms with Gasteiger partial charge in [0, 0.05) is 41.3 Å². The molecule has 0 aliphatic heterocycles. The Hall–Kier alpha value is -2.07. The van der Waals surface area contributed by atoms with Crippen LogP contribution in [0.25, 0.3) is 11.2 Å². The molecule has 296 valence electrons. The molecule has 22 nitrogen and oxygen atoms in total. The number of carbonyl (C=O) groups excluding carboxylic acids is 2. The van der Waals surface area contributed by atoms with Gasteiger partial charge in [-0.05, 0) is 6.42 Å². The summed E-state index contributed by atoms with van der Waals surface area (Å²) >= 11 is 1.66. The Balaban J connectivity index is 1.54. The first-order chi connectivity index (χ1) is 23.8. The Morgan fingerprint density at radius 1 is 1.06 bits per heavy atom. The zero-order chi connectivity index (χ0) is 39.3. The maximum Gasteiger partial charge on any atom is 0.274 e. The summed E-state index contributed by atoms with van der Waals surface area (Å²) in [6.07, 6.45) is -3.57. The molecule has 0 radical (unpaired) electrons. The van der Waals surface area contributed by atoms with Crippen molar-refractivity contribution >= 4 is 64.0 Å². The summed E-state index contributed by atoms with van der Waals surface area (Å²) in [7, 11) is -17.3. The molecule has 26 heteroatoms. The standard InChI is InChI=1S/C26H46N7O15P3S/c1-25(2,3)52-9-8-28-17(34)6-7-29-24(37)21(36)26(4,5)12-46-51(43,44)48-50(41,42)45-11-15-10-16(19(35)20(15)47-49(38,39)40)33-14-32-18-22(27)30-13-31-23(18)33/h13-16,19-21,35-36H,6-12H2,1-5H3,(H,28,34)(H,29,37)(H,41,42)(H,43,44)(H2,27,30,31)(H2,38,39,40)/p-4/t15-,16-,19?,20+,21?/m1/s1. The summed E-state index contributed by atoms with van der Waals surface area (Å²) in [5.41, 5.74) is 4.39. The maximum atomic E-state index is 12.5. The number of nitrogens with one attached hydrogen (secondary N) is 2. The van der Waals surface area contributed by atoms with Crippen molar-refractivity contribution < 1.29 is 71.0 Å². The van der Waals surface area contributed by atoms with Crippen molar-refractivity contribution in [2.45, 2.75) is 76.6 Å². The Bertz CT molecular complexity index is 1700. The summed E-state index contributed by atoms with van der Waals surface area (Å²) in [5.74, 6) is -1.98. The number of phosphoric acid groups is 3. The highest BCUT2D eigenvalue weighted by Crippen LogP contribution is 2.57. The highest BCUT2D eigenvalue weighted by Gasteiger charge is 2.46. The van der Waals surface area contributed by atoms with Gasteiger partial charge in [-0.3, -0.25) is 18.7 Å². The number of anilines is 1. The molecule has 0 bridgehead atoms. The Morgan fingerprint density at radius 3 is 2.35 bits per heavy atom. The Kier molecular flexibility index (Phi) is 15.0. The molecule has 6 N–H and O–H groups in total. The fourth-order valence-electron chi connectivity index (χ4n) is 5.00. The van der Waals surface area contributed by atoms with Crippen molar-refractivity contribution in [1.82, 2.24) is 30.2 Å². The number of nitrogen functional groups attached to an aromatic ring is 1. The maximum absolute atomic E-state index is 12.5. The van der Waals surface area contributed by atoms with Gasteiger partial charge in [0.05, 0.1) is 39.5 Å². The van der Waals surface area contributed by atoms with E-state index in [1.54, 1.807) is 11.8 Å². The number of nitrogens with zero attached hydrogens (tertiary/aromatic N) is 4. The second kappa shape index (κ2) is 17.6. The number of hydrogen-bond acceptors (Lipinski definition) is 20. The minimum absolute atomic E-state index is 0.0134. The average molecular weight is 818 g/mol. The summed E-state index contributed by atoms with van der Waals surface area (Å²) in [5, 5.41) is 26.5. The van der Waals surface area contributed by atoms with Crippen LogP contribution in [0.5, 0.6) is 0 Å². The molecular weight excluding hydrogens is 775 g/mol. The van der Waals surface area contributed by atoms with Crippen LogP contribution in [0.2, 0.25) is 0 Å². The lowest BCUT2D eigenvalue weighted by Gasteiger charge is -2.37. The monoisotopic (exact) mass is 817 g/mol. The minimum atomic E-state index is -5.81. The molecule has 1 aliphatic carbocycles. The summed E-state index contributed by atoms with van der Waals surface area (Å²) < 4.78 is 55.6. The van der Waals surface area contributed by atoms with Crippen LogP contribution in [0.3, 0.4) is 0 Å². The topological polar surface area (TPSA) is 349 Å². The Labute approximate surface area is 303 Å². The lowest BCUT2D eigenvalue weighted by Crippen LogP contribution is -2.46. The van der Waals surface area contributed by atoms with Crippen molar-refractivity contribution in [3.63, 3.8) is 0 Å². The third-order valence-corrected chi connectivity index (χ3v) is 11.9. The van der Waals surface area contributed by atoms with Crippen molar-refractivity contribution in [3.05, 3.63) is 12.7 Å². The number of nitrogens with two attached hydrogens (primary N) is 1. The quantitative estimate of drug-likeness (QED) is 0.0761. The predicted molar refractivity (Wildman–Crippen MR) is 176 cm³/mol. The van der Waals surface area contributed by atoms with Crippen molar-refractivity contribution in [1.29, 1.82) is 0 Å². The fourth-order valence-corrected chi connectivity index (χ4v) is 8.63. The number of imidazole rings is 1. The fraction of sp³-hybridized carbons (Fsp3) is 0.731. The molecule has 2 aromatic heterocycles. The number of aliphatic hydroxyl groups is 2. The molecule has 2 amide bonds. The molecule has 4 unspecified atom stereocenters. The van der Waals surface area contributed by atoms with Gasteiger partial charge in [-0.25, -0.2) is 19.3 Å². The van der Waals surface area contributed by atoms with Crippen LogP contribution in [0, 0.1) is 11.3 Å². The lowest BCUT2D eigenvalue weighted by atomic mass is 9.87. The predicted octanol–water partition coefficient (Wildman–Crippen LogP) is -1.93. The van der Waals surface area contributed by atoms with Crippen molar-refractivity contribution in [2.24, 2.45) is 11.3 Å². The van der Waals surface area contributed by atoms with Gasteiger partial charge >= 0.3 is 0 Å². The number of fused-ring (bicyclic) bond motifs is 1. The molecule has 52 heavy (non-hydrogen) atoms. The minimum Gasteiger partial charge on any atom is -0.790 e. The van der Waals surface area contributed by atoms with E-state index in [1.165, 1.54) is 24.7 Å². The van der Waals surface area contributed by atoms with Crippen LogP contribution < -0.4 is 35.9 Å². The first-order valence-corrected chi connectivity index (χ1v) is 21.0. The smallest absolute Gasteiger partial charge is 0.274 e. The molecule has 3 rings (SSSR count). The van der Waals surface area contributed by atoms with E-state index < -0.39 is 78.3 Å². The Morgan fingerprint density at radius 2 is 1.71 bits per heavy atom. The van der Waals surface area contributed by atoms with Crippen LogP contribution >= 0.6 is 35.2 Å². The number of hydrogen-bond donors (Lipinski definition) is 5. The van der Waals surface area contributed by atoms with Gasteiger partial charge in [0.15, 0.2) is 11.5 Å². The van der Waals surface area contributed by atoms with Crippen LogP contribution in [-0.4, -0.2) is 96.7 Å². The van der Waals surface area contributed by atoms with E-state index in [1.807, 2.05) is 20.8 Å². The SMILES string of the molecule is CC(C)(C)SCCNC(=O)CCNC(=O)C(O)C(C)(C)COP(=O)([O-])OP(=O)([O-])OC[C@H]1C[C@@H](n2cnc3c(N)ncnc32)C(O)[C@H]1OP(=O)([O-])[O-]. The van der Waals surface area contributed by atoms with Gasteiger partial charge < -0.3 is 68.9 Å². The highest BCUT2D eigenvalue weighted by molar-refractivity contribution is 8.00. The lowest BCUT2D eigenvalue weighted by molar-refractivity contribution is -0.347. The second-order valence-electron chi connectivity index (χ2n) is 13.4. The normalized spacial score (nSPS) is 22.8. The molecular formula is C26H42N7O15P3S-4. The van der Waals surface area contributed by atoms with Gasteiger partial charge in [0.2, 0.25) is 11.8 Å². The van der Waals surface area contributed by atoms with Gasteiger partial charge in [0.1, 0.15) is 24.1 Å². The summed E-state index contributed by atoms with van der Waals surface area (Å²) in [6, 6.07) is -1.10. The number of carbonyl (C=O) groups is 2. The highest BCUT2D eigenvalue weighted by atomic mass is 32.2. The number of amides is 2. The summed E-state index contributed by atoms with van der Waals surface area (Å²) in [4.78, 5) is 84.2. The van der Waals surface area contributed by atoms with Crippen LogP contribution in [0.4, 0.5) is 5.82 Å². The number of thioether (sulfide) groups is 1. The van der Waals surface area contributed by atoms with Gasteiger partial charge in [-0.1, -0.05) is 34.6 Å². The van der Waals surface area contributed by atoms with E-state index in [4.69, 9.17) is 5.73 Å². The number of aliphatic hydroxyl groups excluding tert-OH is 2. The third kappa shape index (κ3) is 13.3. The number of rotatable bonds is 19. The third-order valence-electron chi connectivity index (χ3n) is 7.58. The van der Waals surface area contributed by atoms with Crippen molar-refractivity contribution in [3.8, 4) is 0 Å².